The van der Waals surface area contributed by atoms with E-state index in [4.69, 9.17) is 9.97 Å². The van der Waals surface area contributed by atoms with E-state index in [-0.39, 0.29) is 0 Å². The van der Waals surface area contributed by atoms with Crippen molar-refractivity contribution in [2.45, 2.75) is 18.3 Å². The molecule has 0 fully saturated rings. The Balaban J connectivity index is 1.36. The Hall–Kier alpha value is -6.06. The van der Waals surface area contributed by atoms with E-state index in [1.54, 1.807) is 0 Å². The van der Waals surface area contributed by atoms with E-state index < -0.39 is 5.41 Å². The Labute approximate surface area is 279 Å². The fourth-order valence-corrected chi connectivity index (χ4v) is 8.29. The van der Waals surface area contributed by atoms with Gasteiger partial charge in [0.15, 0.2) is 5.82 Å². The fourth-order valence-electron chi connectivity index (χ4n) is 8.29. The third-order valence-electron chi connectivity index (χ3n) is 10.3. The van der Waals surface area contributed by atoms with Crippen LogP contribution in [0.5, 0.6) is 0 Å². The molecule has 0 atom stereocenters. The maximum absolute atomic E-state index is 5.39. The lowest BCUT2D eigenvalue weighted by atomic mass is 9.67. The molecule has 2 aromatic heterocycles. The quantitative estimate of drug-likeness (QED) is 0.198. The van der Waals surface area contributed by atoms with Gasteiger partial charge in [-0.3, -0.25) is 4.57 Å². The van der Waals surface area contributed by atoms with Gasteiger partial charge >= 0.3 is 0 Å². The summed E-state index contributed by atoms with van der Waals surface area (Å²) in [6.45, 7) is 0. The molecule has 2 aliphatic rings. The molecule has 3 heteroatoms. The highest BCUT2D eigenvalue weighted by atomic mass is 15.1. The number of nitrogens with zero attached hydrogens (tertiary/aromatic N) is 3. The van der Waals surface area contributed by atoms with E-state index in [0.717, 1.165) is 46.4 Å². The van der Waals surface area contributed by atoms with E-state index in [9.17, 15) is 0 Å². The summed E-state index contributed by atoms with van der Waals surface area (Å²) < 4.78 is 2.37. The molecule has 226 valence electrons. The Kier molecular flexibility index (Phi) is 5.91. The Morgan fingerprint density at radius 3 is 1.96 bits per heavy atom. The summed E-state index contributed by atoms with van der Waals surface area (Å²) >= 11 is 0. The molecular formula is C45H31N3. The van der Waals surface area contributed by atoms with Crippen molar-refractivity contribution in [2.24, 2.45) is 0 Å². The summed E-state index contributed by atoms with van der Waals surface area (Å²) in [6.07, 6.45) is 8.53. The summed E-state index contributed by atoms with van der Waals surface area (Å²) in [5.74, 6) is 0.880. The molecule has 2 aliphatic carbocycles. The van der Waals surface area contributed by atoms with E-state index >= 15 is 0 Å². The van der Waals surface area contributed by atoms with Gasteiger partial charge in [-0.25, -0.2) is 9.97 Å². The number of para-hydroxylation sites is 3. The molecular weight excluding hydrogens is 583 g/mol. The highest BCUT2D eigenvalue weighted by molar-refractivity contribution is 6.12. The smallest absolute Gasteiger partial charge is 0.164 e. The molecule has 0 spiro atoms. The molecule has 6 aromatic carbocycles. The topological polar surface area (TPSA) is 30.7 Å². The molecule has 10 rings (SSSR count). The molecule has 0 unspecified atom stereocenters. The maximum Gasteiger partial charge on any atom is 0.164 e. The second kappa shape index (κ2) is 10.5. The Bertz CT molecular complexity index is 2570. The summed E-state index contributed by atoms with van der Waals surface area (Å²) in [5.41, 5.74) is 13.5. The van der Waals surface area contributed by atoms with Crippen molar-refractivity contribution in [3.63, 3.8) is 0 Å². The standard InChI is InChI=1S/C45H31N3/c1-4-16-30(17-5-1)43-44(47-40-26-14-13-25-39(40)46-43)48-41-27-15-11-23-34(41)36-28-38-35(29-42(36)48)33-22-10-12-24-37(33)45(38,31-18-6-2-7-19-31)32-20-8-3-9-21-32/h1-4,6-16,18-29H,5,17H2. The van der Waals surface area contributed by atoms with Gasteiger partial charge in [0.2, 0.25) is 0 Å². The van der Waals surface area contributed by atoms with Gasteiger partial charge in [-0.1, -0.05) is 133 Å². The van der Waals surface area contributed by atoms with Crippen molar-refractivity contribution in [2.75, 3.05) is 0 Å². The highest BCUT2D eigenvalue weighted by Gasteiger charge is 2.46. The predicted octanol–water partition coefficient (Wildman–Crippen LogP) is 10.8. The largest absolute Gasteiger partial charge is 0.292 e. The first-order chi connectivity index (χ1) is 23.8. The first-order valence-electron chi connectivity index (χ1n) is 16.7. The number of hydrogen-bond acceptors (Lipinski definition) is 2. The zero-order chi connectivity index (χ0) is 31.7. The third-order valence-corrected chi connectivity index (χ3v) is 10.3. The van der Waals surface area contributed by atoms with Crippen molar-refractivity contribution in [3.8, 4) is 16.9 Å². The van der Waals surface area contributed by atoms with Gasteiger partial charge in [-0.15, -0.1) is 0 Å². The van der Waals surface area contributed by atoms with Crippen LogP contribution in [0.3, 0.4) is 0 Å². The molecule has 0 bridgehead atoms. The minimum absolute atomic E-state index is 0.459. The maximum atomic E-state index is 5.39. The minimum atomic E-state index is -0.459. The van der Waals surface area contributed by atoms with Crippen LogP contribution in [0.4, 0.5) is 0 Å². The van der Waals surface area contributed by atoms with Crippen LogP contribution in [0.2, 0.25) is 0 Å². The van der Waals surface area contributed by atoms with Crippen LogP contribution in [-0.2, 0) is 5.41 Å². The van der Waals surface area contributed by atoms with Gasteiger partial charge in [0.05, 0.1) is 27.5 Å². The molecule has 0 saturated heterocycles. The number of rotatable bonds is 4. The van der Waals surface area contributed by atoms with E-state index in [1.165, 1.54) is 49.7 Å². The van der Waals surface area contributed by atoms with Crippen molar-refractivity contribution >= 4 is 38.4 Å². The van der Waals surface area contributed by atoms with Gasteiger partial charge in [0.1, 0.15) is 5.69 Å². The Morgan fingerprint density at radius 1 is 0.542 bits per heavy atom. The summed E-state index contributed by atoms with van der Waals surface area (Å²) in [6, 6.07) is 52.9. The fraction of sp³-hybridized carbons (Fsp3) is 0.0667. The van der Waals surface area contributed by atoms with Gasteiger partial charge < -0.3 is 0 Å². The monoisotopic (exact) mass is 613 g/mol. The molecule has 0 N–H and O–H groups in total. The normalized spacial score (nSPS) is 14.7. The second-order valence-electron chi connectivity index (χ2n) is 12.8. The highest BCUT2D eigenvalue weighted by Crippen LogP contribution is 2.57. The van der Waals surface area contributed by atoms with Gasteiger partial charge in [0.25, 0.3) is 0 Å². The average Bonchev–Trinajstić information content (AvgIpc) is 3.64. The number of allylic oxidation sites excluding steroid dienone is 4. The second-order valence-corrected chi connectivity index (χ2v) is 12.8. The van der Waals surface area contributed by atoms with Crippen LogP contribution >= 0.6 is 0 Å². The van der Waals surface area contributed by atoms with Crippen molar-refractivity contribution in [3.05, 3.63) is 192 Å². The van der Waals surface area contributed by atoms with Crippen LogP contribution < -0.4 is 0 Å². The van der Waals surface area contributed by atoms with Crippen LogP contribution in [0.15, 0.2) is 164 Å². The van der Waals surface area contributed by atoms with Crippen LogP contribution in [-0.4, -0.2) is 14.5 Å². The van der Waals surface area contributed by atoms with Crippen LogP contribution in [0.1, 0.15) is 40.8 Å². The predicted molar refractivity (Wildman–Crippen MR) is 198 cm³/mol. The number of fused-ring (bicyclic) bond motifs is 7. The molecule has 8 aromatic rings. The molecule has 48 heavy (non-hydrogen) atoms. The average molecular weight is 614 g/mol. The SMILES string of the molecule is C1=CCCC(c2nc3ccccc3nc2-n2c3ccccc3c3cc4c(cc32)-c2ccccc2C4(c2ccccc2)c2ccccc2)=C1. The van der Waals surface area contributed by atoms with Crippen molar-refractivity contribution in [1.82, 2.24) is 14.5 Å². The van der Waals surface area contributed by atoms with E-state index in [2.05, 4.69) is 156 Å². The molecule has 3 nitrogen and oxygen atoms in total. The number of hydrogen-bond donors (Lipinski definition) is 0. The number of benzene rings is 6. The lowest BCUT2D eigenvalue weighted by Crippen LogP contribution is -2.28. The number of aromatic nitrogens is 3. The first-order valence-corrected chi connectivity index (χ1v) is 16.7. The lowest BCUT2D eigenvalue weighted by Gasteiger charge is -2.33. The van der Waals surface area contributed by atoms with Crippen LogP contribution in [0.25, 0.3) is 55.4 Å². The molecule has 2 heterocycles. The van der Waals surface area contributed by atoms with Crippen molar-refractivity contribution < 1.29 is 0 Å². The molecule has 0 saturated carbocycles. The lowest BCUT2D eigenvalue weighted by molar-refractivity contribution is 0.769. The molecule has 0 amide bonds. The third kappa shape index (κ3) is 3.76. The van der Waals surface area contributed by atoms with Gasteiger partial charge in [-0.2, -0.15) is 0 Å². The Morgan fingerprint density at radius 2 is 1.21 bits per heavy atom. The zero-order valence-corrected chi connectivity index (χ0v) is 26.3. The summed E-state index contributed by atoms with van der Waals surface area (Å²) in [5, 5.41) is 2.42. The van der Waals surface area contributed by atoms with E-state index in [0.29, 0.717) is 0 Å². The minimum Gasteiger partial charge on any atom is -0.292 e. The van der Waals surface area contributed by atoms with Gasteiger partial charge in [0, 0.05) is 10.8 Å². The molecule has 0 radical (unpaired) electrons. The van der Waals surface area contributed by atoms with Crippen LogP contribution in [0, 0.1) is 0 Å². The molecule has 0 aliphatic heterocycles. The summed E-state index contributed by atoms with van der Waals surface area (Å²) in [7, 11) is 0. The summed E-state index contributed by atoms with van der Waals surface area (Å²) in [4.78, 5) is 10.7. The van der Waals surface area contributed by atoms with Gasteiger partial charge in [-0.05, 0) is 82.1 Å². The van der Waals surface area contributed by atoms with Crippen molar-refractivity contribution in [1.29, 1.82) is 0 Å². The zero-order valence-electron chi connectivity index (χ0n) is 26.3. The van der Waals surface area contributed by atoms with E-state index in [1.807, 2.05) is 12.1 Å². The first kappa shape index (κ1) is 27.1.